The van der Waals surface area contributed by atoms with Crippen LogP contribution in [0.15, 0.2) is 71.6 Å². The standard InChI is InChI=1S/C31H37Cl2N3O5S/c1-6-22(4)34-31(38)23(5)35(19-24-10-11-25(32)18-29(24)33)30(37)20-36(26-12-14-27(15-13-26)41-7-2)42(39,40)28-16-8-21(3)9-17-28/h8-18,22-23H,6-7,19-20H2,1-5H3,(H,34,38)/t22-,23+/m1/s1. The van der Waals surface area contributed by atoms with E-state index >= 15 is 0 Å². The average Bonchev–Trinajstić information content (AvgIpc) is 2.95. The maximum Gasteiger partial charge on any atom is 0.264 e. The maximum atomic E-state index is 14.1. The van der Waals surface area contributed by atoms with E-state index in [9.17, 15) is 18.0 Å². The molecule has 3 aromatic rings. The molecule has 0 spiro atoms. The van der Waals surface area contributed by atoms with Crippen LogP contribution in [0.2, 0.25) is 10.0 Å². The number of hydrogen-bond acceptors (Lipinski definition) is 5. The molecule has 1 N–H and O–H groups in total. The minimum absolute atomic E-state index is 0.0321. The molecular weight excluding hydrogens is 597 g/mol. The highest BCUT2D eigenvalue weighted by Gasteiger charge is 2.33. The lowest BCUT2D eigenvalue weighted by Gasteiger charge is -2.32. The molecule has 3 rings (SSSR count). The van der Waals surface area contributed by atoms with E-state index in [1.54, 1.807) is 61.5 Å². The number of nitrogens with one attached hydrogen (secondary N) is 1. The molecule has 0 bridgehead atoms. The van der Waals surface area contributed by atoms with Gasteiger partial charge in [-0.3, -0.25) is 13.9 Å². The van der Waals surface area contributed by atoms with E-state index < -0.39 is 28.5 Å². The van der Waals surface area contributed by atoms with Crippen molar-refractivity contribution in [3.63, 3.8) is 0 Å². The molecule has 0 saturated carbocycles. The van der Waals surface area contributed by atoms with E-state index in [1.165, 1.54) is 17.0 Å². The van der Waals surface area contributed by atoms with E-state index in [4.69, 9.17) is 27.9 Å². The number of anilines is 1. The summed E-state index contributed by atoms with van der Waals surface area (Å²) in [6.45, 7) is 8.97. The Morgan fingerprint density at radius 2 is 1.60 bits per heavy atom. The van der Waals surface area contributed by atoms with Crippen LogP contribution in [-0.2, 0) is 26.2 Å². The lowest BCUT2D eigenvalue weighted by atomic mass is 10.1. The number of benzene rings is 3. The molecule has 226 valence electrons. The van der Waals surface area contributed by atoms with Gasteiger partial charge in [-0.15, -0.1) is 0 Å². The highest BCUT2D eigenvalue weighted by Crippen LogP contribution is 2.28. The van der Waals surface area contributed by atoms with E-state index in [0.29, 0.717) is 34.4 Å². The summed E-state index contributed by atoms with van der Waals surface area (Å²) in [5.74, 6) is -0.385. The Morgan fingerprint density at radius 3 is 2.17 bits per heavy atom. The molecular formula is C31H37Cl2N3O5S. The Morgan fingerprint density at radius 1 is 0.952 bits per heavy atom. The summed E-state index contributed by atoms with van der Waals surface area (Å²) < 4.78 is 34.5. The van der Waals surface area contributed by atoms with Gasteiger partial charge in [0.2, 0.25) is 11.8 Å². The van der Waals surface area contributed by atoms with Crippen molar-refractivity contribution in [2.45, 2.75) is 64.6 Å². The Kier molecular flexibility index (Phi) is 11.7. The highest BCUT2D eigenvalue weighted by atomic mass is 35.5. The predicted molar refractivity (Wildman–Crippen MR) is 168 cm³/mol. The quantitative estimate of drug-likeness (QED) is 0.241. The predicted octanol–water partition coefficient (Wildman–Crippen LogP) is 6.23. The fourth-order valence-corrected chi connectivity index (χ4v) is 6.01. The van der Waals surface area contributed by atoms with Crippen molar-refractivity contribution in [2.24, 2.45) is 0 Å². The van der Waals surface area contributed by atoms with Crippen LogP contribution in [0.5, 0.6) is 5.75 Å². The molecule has 2 atom stereocenters. The zero-order valence-corrected chi connectivity index (χ0v) is 26.8. The second kappa shape index (κ2) is 14.8. The lowest BCUT2D eigenvalue weighted by Crippen LogP contribution is -2.52. The van der Waals surface area contributed by atoms with Crippen LogP contribution in [0.4, 0.5) is 5.69 Å². The van der Waals surface area contributed by atoms with Crippen molar-refractivity contribution in [1.82, 2.24) is 10.2 Å². The minimum Gasteiger partial charge on any atom is -0.494 e. The summed E-state index contributed by atoms with van der Waals surface area (Å²) in [5, 5.41) is 3.66. The zero-order chi connectivity index (χ0) is 31.0. The number of aryl methyl sites for hydroxylation is 1. The molecule has 3 aromatic carbocycles. The first kappa shape index (κ1) is 33.2. The third-order valence-corrected chi connectivity index (χ3v) is 9.22. The third kappa shape index (κ3) is 8.40. The van der Waals surface area contributed by atoms with E-state index in [2.05, 4.69) is 5.32 Å². The van der Waals surface area contributed by atoms with Crippen LogP contribution in [-0.4, -0.2) is 50.4 Å². The summed E-state index contributed by atoms with van der Waals surface area (Å²) in [6, 6.07) is 16.7. The fourth-order valence-electron chi connectivity index (χ4n) is 4.12. The molecule has 0 unspecified atom stereocenters. The molecule has 8 nitrogen and oxygen atoms in total. The molecule has 0 aliphatic heterocycles. The van der Waals surface area contributed by atoms with Crippen molar-refractivity contribution in [2.75, 3.05) is 17.5 Å². The van der Waals surface area contributed by atoms with Gasteiger partial charge in [-0.1, -0.05) is 53.9 Å². The summed E-state index contributed by atoms with van der Waals surface area (Å²) in [5.41, 5.74) is 1.73. The van der Waals surface area contributed by atoms with Crippen LogP contribution >= 0.6 is 23.2 Å². The van der Waals surface area contributed by atoms with Crippen LogP contribution < -0.4 is 14.4 Å². The molecule has 0 aromatic heterocycles. The first-order chi connectivity index (χ1) is 19.9. The van der Waals surface area contributed by atoms with E-state index in [1.807, 2.05) is 27.7 Å². The van der Waals surface area contributed by atoms with Crippen molar-refractivity contribution < 1.29 is 22.7 Å². The second-order valence-electron chi connectivity index (χ2n) is 10.0. The normalized spacial score (nSPS) is 12.7. The molecule has 0 aliphatic rings. The van der Waals surface area contributed by atoms with Gasteiger partial charge in [0.25, 0.3) is 10.0 Å². The first-order valence-electron chi connectivity index (χ1n) is 13.7. The molecule has 11 heteroatoms. The van der Waals surface area contributed by atoms with Crippen molar-refractivity contribution in [3.8, 4) is 5.75 Å². The van der Waals surface area contributed by atoms with Crippen LogP contribution in [0, 0.1) is 6.92 Å². The van der Waals surface area contributed by atoms with Crippen molar-refractivity contribution >= 4 is 50.7 Å². The zero-order valence-electron chi connectivity index (χ0n) is 24.4. The Labute approximate surface area is 258 Å². The van der Waals surface area contributed by atoms with Gasteiger partial charge in [0.15, 0.2) is 0 Å². The van der Waals surface area contributed by atoms with Gasteiger partial charge < -0.3 is 15.0 Å². The van der Waals surface area contributed by atoms with Gasteiger partial charge >= 0.3 is 0 Å². The van der Waals surface area contributed by atoms with Gasteiger partial charge in [-0.05, 0) is 88.2 Å². The largest absolute Gasteiger partial charge is 0.494 e. The van der Waals surface area contributed by atoms with E-state index in [0.717, 1.165) is 9.87 Å². The monoisotopic (exact) mass is 633 g/mol. The lowest BCUT2D eigenvalue weighted by molar-refractivity contribution is -0.139. The Hall–Kier alpha value is -3.27. The first-order valence-corrected chi connectivity index (χ1v) is 15.9. The number of hydrogen-bond donors (Lipinski definition) is 1. The number of halogens is 2. The molecule has 0 fully saturated rings. The SMILES string of the molecule is CCOc1ccc(N(CC(=O)N(Cc2ccc(Cl)cc2Cl)[C@@H](C)C(=O)N[C@H](C)CC)S(=O)(=O)c2ccc(C)cc2)cc1. The highest BCUT2D eigenvalue weighted by molar-refractivity contribution is 7.92. The van der Waals surface area contributed by atoms with E-state index in [-0.39, 0.29) is 29.1 Å². The van der Waals surface area contributed by atoms with Crippen molar-refractivity contribution in [1.29, 1.82) is 0 Å². The van der Waals surface area contributed by atoms with Gasteiger partial charge in [0, 0.05) is 22.6 Å². The fraction of sp³-hybridized carbons (Fsp3) is 0.355. The number of rotatable bonds is 13. The number of sulfonamides is 1. The number of carbonyl (C=O) groups is 2. The van der Waals surface area contributed by atoms with Crippen molar-refractivity contribution in [3.05, 3.63) is 87.9 Å². The molecule has 0 radical (unpaired) electrons. The van der Waals surface area contributed by atoms with Crippen LogP contribution in [0.1, 0.15) is 45.2 Å². The summed E-state index contributed by atoms with van der Waals surface area (Å²) in [6.07, 6.45) is 0.704. The Balaban J connectivity index is 2.05. The second-order valence-corrected chi connectivity index (χ2v) is 12.7. The third-order valence-electron chi connectivity index (χ3n) is 6.85. The molecule has 0 aliphatic carbocycles. The Bertz CT molecular complexity index is 1480. The van der Waals surface area contributed by atoms with Crippen LogP contribution in [0.3, 0.4) is 0 Å². The van der Waals surface area contributed by atoms with Gasteiger partial charge in [0.1, 0.15) is 18.3 Å². The van der Waals surface area contributed by atoms with Crippen LogP contribution in [0.25, 0.3) is 0 Å². The molecule has 0 saturated heterocycles. The summed E-state index contributed by atoms with van der Waals surface area (Å²) in [4.78, 5) is 28.6. The van der Waals surface area contributed by atoms with Gasteiger partial charge in [0.05, 0.1) is 17.2 Å². The topological polar surface area (TPSA) is 96.0 Å². The minimum atomic E-state index is -4.18. The molecule has 0 heterocycles. The van der Waals surface area contributed by atoms with Gasteiger partial charge in [-0.2, -0.15) is 0 Å². The smallest absolute Gasteiger partial charge is 0.264 e. The number of nitrogens with zero attached hydrogens (tertiary/aromatic N) is 2. The number of ether oxygens (including phenoxy) is 1. The molecule has 42 heavy (non-hydrogen) atoms. The average molecular weight is 635 g/mol. The number of carbonyl (C=O) groups excluding carboxylic acids is 2. The number of amides is 2. The molecule has 2 amide bonds. The summed E-state index contributed by atoms with van der Waals surface area (Å²) in [7, 11) is -4.18. The maximum absolute atomic E-state index is 14.1. The summed E-state index contributed by atoms with van der Waals surface area (Å²) >= 11 is 12.5. The van der Waals surface area contributed by atoms with Gasteiger partial charge in [-0.25, -0.2) is 8.42 Å².